The molecule has 1 aromatic carbocycles. The summed E-state index contributed by atoms with van der Waals surface area (Å²) in [6.45, 7) is 1.68. The van der Waals surface area contributed by atoms with E-state index in [0.717, 1.165) is 5.56 Å². The van der Waals surface area contributed by atoms with Crippen molar-refractivity contribution in [3.8, 4) is 11.4 Å². The van der Waals surface area contributed by atoms with Crippen LogP contribution in [0.5, 0.6) is 0 Å². The number of carbonyl (C=O) groups is 2. The fourth-order valence-electron chi connectivity index (χ4n) is 2.25. The van der Waals surface area contributed by atoms with Crippen molar-refractivity contribution >= 4 is 11.7 Å². The maximum absolute atomic E-state index is 12.1. The first-order valence-electron chi connectivity index (χ1n) is 7.42. The molecule has 0 aliphatic carbocycles. The third-order valence-corrected chi connectivity index (χ3v) is 3.57. The lowest BCUT2D eigenvalue weighted by atomic mass is 10.2. The second kappa shape index (κ2) is 6.49. The van der Waals surface area contributed by atoms with Gasteiger partial charge in [-0.3, -0.25) is 9.59 Å². The van der Waals surface area contributed by atoms with Gasteiger partial charge in [-0.05, 0) is 19.1 Å². The van der Waals surface area contributed by atoms with Gasteiger partial charge in [0.05, 0.1) is 5.69 Å². The number of ketones is 1. The predicted octanol–water partition coefficient (Wildman–Crippen LogP) is 2.14. The van der Waals surface area contributed by atoms with Crippen molar-refractivity contribution < 1.29 is 14.1 Å². The highest BCUT2D eigenvalue weighted by Crippen LogP contribution is 2.18. The molecule has 0 spiro atoms. The Morgan fingerprint density at radius 1 is 1.17 bits per heavy atom. The smallest absolute Gasteiger partial charge is 0.294 e. The lowest BCUT2D eigenvalue weighted by molar-refractivity contribution is -0.117. The quantitative estimate of drug-likeness (QED) is 0.573. The number of Topliss-reactive ketones (excluding diaryl/α,β-unsaturated/α-hetero) is 1. The van der Waals surface area contributed by atoms with Crippen LogP contribution in [0.1, 0.15) is 29.3 Å². The first-order chi connectivity index (χ1) is 11.6. The monoisotopic (exact) mass is 324 g/mol. The number of carbonyl (C=O) groups excluding carboxylic acids is 2. The van der Waals surface area contributed by atoms with Crippen LogP contribution in [-0.2, 0) is 11.8 Å². The minimum Gasteiger partial charge on any atom is -0.348 e. The molecule has 1 amide bonds. The van der Waals surface area contributed by atoms with E-state index < -0.39 is 17.7 Å². The third-order valence-electron chi connectivity index (χ3n) is 3.57. The van der Waals surface area contributed by atoms with Gasteiger partial charge in [-0.1, -0.05) is 35.5 Å². The first-order valence-corrected chi connectivity index (χ1v) is 7.42. The second-order valence-corrected chi connectivity index (χ2v) is 5.35. The van der Waals surface area contributed by atoms with Crippen molar-refractivity contribution in [2.75, 3.05) is 0 Å². The van der Waals surface area contributed by atoms with Crippen LogP contribution < -0.4 is 5.32 Å². The van der Waals surface area contributed by atoms with E-state index in [9.17, 15) is 9.59 Å². The van der Waals surface area contributed by atoms with E-state index in [-0.39, 0.29) is 5.89 Å². The highest BCUT2D eigenvalue weighted by Gasteiger charge is 2.23. The number of rotatable bonds is 5. The Morgan fingerprint density at radius 3 is 2.58 bits per heavy atom. The lowest BCUT2D eigenvalue weighted by Gasteiger charge is -2.09. The Labute approximate surface area is 138 Å². The van der Waals surface area contributed by atoms with E-state index in [1.54, 1.807) is 36.9 Å². The third kappa shape index (κ3) is 3.10. The van der Waals surface area contributed by atoms with Crippen LogP contribution in [0.25, 0.3) is 11.4 Å². The van der Waals surface area contributed by atoms with Gasteiger partial charge in [-0.15, -0.1) is 0 Å². The van der Waals surface area contributed by atoms with Crippen LogP contribution in [0.2, 0.25) is 0 Å². The van der Waals surface area contributed by atoms with Crippen molar-refractivity contribution in [3.05, 3.63) is 60.2 Å². The maximum atomic E-state index is 12.1. The van der Waals surface area contributed by atoms with Gasteiger partial charge in [0.2, 0.25) is 11.7 Å². The highest BCUT2D eigenvalue weighted by atomic mass is 16.5. The normalized spacial score (nSPS) is 11.9. The standard InChI is InChI=1S/C17H16N4O3/c1-11(18-16(23)14(22)13-9-6-10-21(13)2)17-19-15(20-24-17)12-7-4-3-5-8-12/h3-11H,1-2H3,(H,18,23)/t11-/m1/s1. The lowest BCUT2D eigenvalue weighted by Crippen LogP contribution is -2.34. The van der Waals surface area contributed by atoms with Crippen molar-refractivity contribution in [1.82, 2.24) is 20.0 Å². The molecule has 0 bridgehead atoms. The van der Waals surface area contributed by atoms with Crippen molar-refractivity contribution in [2.24, 2.45) is 7.05 Å². The molecule has 0 aliphatic rings. The summed E-state index contributed by atoms with van der Waals surface area (Å²) in [5.74, 6) is -0.664. The Morgan fingerprint density at radius 2 is 1.92 bits per heavy atom. The summed E-state index contributed by atoms with van der Waals surface area (Å²) >= 11 is 0. The van der Waals surface area contributed by atoms with Gasteiger partial charge < -0.3 is 14.4 Å². The van der Waals surface area contributed by atoms with Gasteiger partial charge in [0, 0.05) is 18.8 Å². The summed E-state index contributed by atoms with van der Waals surface area (Å²) in [6.07, 6.45) is 1.70. The Hall–Kier alpha value is -3.22. The van der Waals surface area contributed by atoms with Crippen LogP contribution in [-0.4, -0.2) is 26.4 Å². The molecule has 0 fully saturated rings. The zero-order chi connectivity index (χ0) is 17.1. The number of aromatic nitrogens is 3. The SMILES string of the molecule is C[C@@H](NC(=O)C(=O)c1cccn1C)c1nc(-c2ccccc2)no1. The number of nitrogens with zero attached hydrogens (tertiary/aromatic N) is 3. The van der Waals surface area contributed by atoms with Gasteiger partial charge in [-0.2, -0.15) is 4.98 Å². The summed E-state index contributed by atoms with van der Waals surface area (Å²) in [5, 5.41) is 6.48. The topological polar surface area (TPSA) is 90.0 Å². The number of benzene rings is 1. The van der Waals surface area contributed by atoms with Crippen LogP contribution in [0.3, 0.4) is 0 Å². The van der Waals surface area contributed by atoms with Crippen molar-refractivity contribution in [1.29, 1.82) is 0 Å². The molecule has 0 unspecified atom stereocenters. The van der Waals surface area contributed by atoms with Crippen LogP contribution in [0, 0.1) is 0 Å². The molecule has 24 heavy (non-hydrogen) atoms. The summed E-state index contributed by atoms with van der Waals surface area (Å²) in [7, 11) is 1.70. The molecule has 1 N–H and O–H groups in total. The molecule has 0 aliphatic heterocycles. The molecular weight excluding hydrogens is 308 g/mol. The number of amides is 1. The Kier molecular flexibility index (Phi) is 4.24. The largest absolute Gasteiger partial charge is 0.348 e. The minimum atomic E-state index is -0.719. The maximum Gasteiger partial charge on any atom is 0.294 e. The average Bonchev–Trinajstić information content (AvgIpc) is 3.24. The van der Waals surface area contributed by atoms with E-state index in [2.05, 4.69) is 15.5 Å². The fourth-order valence-corrected chi connectivity index (χ4v) is 2.25. The number of hydrogen-bond donors (Lipinski definition) is 1. The zero-order valence-corrected chi connectivity index (χ0v) is 13.3. The molecule has 3 rings (SSSR count). The van der Waals surface area contributed by atoms with E-state index >= 15 is 0 Å². The molecule has 1 atom stereocenters. The number of hydrogen-bond acceptors (Lipinski definition) is 5. The molecule has 0 saturated carbocycles. The average molecular weight is 324 g/mol. The summed E-state index contributed by atoms with van der Waals surface area (Å²) in [5.41, 5.74) is 1.13. The van der Waals surface area contributed by atoms with Gasteiger partial charge in [0.15, 0.2) is 0 Å². The second-order valence-electron chi connectivity index (χ2n) is 5.35. The van der Waals surface area contributed by atoms with Gasteiger partial charge in [0.25, 0.3) is 11.7 Å². The molecule has 0 saturated heterocycles. The van der Waals surface area contributed by atoms with Gasteiger partial charge in [0.1, 0.15) is 6.04 Å². The summed E-state index contributed by atoms with van der Waals surface area (Å²) in [6, 6.07) is 12.1. The van der Waals surface area contributed by atoms with E-state index in [1.165, 1.54) is 0 Å². The predicted molar refractivity (Wildman–Crippen MR) is 86.0 cm³/mol. The molecule has 7 heteroatoms. The molecular formula is C17H16N4O3. The summed E-state index contributed by atoms with van der Waals surface area (Å²) in [4.78, 5) is 28.5. The van der Waals surface area contributed by atoms with Crippen LogP contribution in [0.15, 0.2) is 53.2 Å². The van der Waals surface area contributed by atoms with E-state index in [0.29, 0.717) is 11.5 Å². The number of nitrogens with one attached hydrogen (secondary N) is 1. The summed E-state index contributed by atoms with van der Waals surface area (Å²) < 4.78 is 6.77. The molecule has 122 valence electrons. The van der Waals surface area contributed by atoms with Crippen molar-refractivity contribution in [2.45, 2.75) is 13.0 Å². The zero-order valence-electron chi connectivity index (χ0n) is 13.3. The molecule has 7 nitrogen and oxygen atoms in total. The molecule has 2 heterocycles. The minimum absolute atomic E-state index is 0.238. The Balaban J connectivity index is 1.70. The van der Waals surface area contributed by atoms with Crippen LogP contribution >= 0.6 is 0 Å². The highest BCUT2D eigenvalue weighted by molar-refractivity contribution is 6.42. The van der Waals surface area contributed by atoms with Gasteiger partial charge >= 0.3 is 0 Å². The van der Waals surface area contributed by atoms with Crippen LogP contribution in [0.4, 0.5) is 0 Å². The van der Waals surface area contributed by atoms with E-state index in [1.807, 2.05) is 30.3 Å². The Bertz CT molecular complexity index is 867. The van der Waals surface area contributed by atoms with E-state index in [4.69, 9.17) is 4.52 Å². The fraction of sp³-hybridized carbons (Fsp3) is 0.176. The molecule has 0 radical (unpaired) electrons. The molecule has 3 aromatic rings. The van der Waals surface area contributed by atoms with Crippen molar-refractivity contribution in [3.63, 3.8) is 0 Å². The first kappa shape index (κ1) is 15.7. The van der Waals surface area contributed by atoms with Gasteiger partial charge in [-0.25, -0.2) is 0 Å². The molecule has 2 aromatic heterocycles. The number of aryl methyl sites for hydroxylation is 1.